The summed E-state index contributed by atoms with van der Waals surface area (Å²) < 4.78 is 46.7. The Hall–Kier alpha value is -5.26. The van der Waals surface area contributed by atoms with E-state index in [2.05, 4.69) is 30.9 Å². The fourth-order valence-electron chi connectivity index (χ4n) is 4.27. The lowest BCUT2D eigenvalue weighted by Gasteiger charge is -2.14. The Labute approximate surface area is 245 Å². The van der Waals surface area contributed by atoms with Crippen molar-refractivity contribution in [3.63, 3.8) is 0 Å². The van der Waals surface area contributed by atoms with E-state index in [0.29, 0.717) is 30.2 Å². The topological polar surface area (TPSA) is 107 Å². The first-order valence-corrected chi connectivity index (χ1v) is 13.5. The maximum atomic E-state index is 13.1. The van der Waals surface area contributed by atoms with Gasteiger partial charge in [0.2, 0.25) is 5.91 Å². The number of halogens is 3. The molecule has 0 aliphatic rings. The zero-order valence-electron chi connectivity index (χ0n) is 23.3. The first-order valence-electron chi connectivity index (χ1n) is 13.5. The van der Waals surface area contributed by atoms with Gasteiger partial charge in [-0.2, -0.15) is 13.2 Å². The number of carbonyl (C=O) groups excluding carboxylic acids is 1. The molecule has 2 aromatic carbocycles. The van der Waals surface area contributed by atoms with Crippen LogP contribution in [0.2, 0.25) is 0 Å². The third kappa shape index (κ3) is 7.53. The van der Waals surface area contributed by atoms with E-state index >= 15 is 0 Å². The summed E-state index contributed by atoms with van der Waals surface area (Å²) >= 11 is 0. The lowest BCUT2D eigenvalue weighted by atomic mass is 10.1. The van der Waals surface area contributed by atoms with E-state index in [0.717, 1.165) is 41.0 Å². The number of hydrogen-bond donors (Lipinski definition) is 2. The molecular weight excluding hydrogens is 559 g/mol. The van der Waals surface area contributed by atoms with Gasteiger partial charge in [0.1, 0.15) is 34.9 Å². The Morgan fingerprint density at radius 1 is 0.977 bits per heavy atom. The molecule has 1 unspecified atom stereocenters. The normalized spacial score (nSPS) is 12.0. The molecule has 3 aromatic heterocycles. The Balaban J connectivity index is 1.21. The van der Waals surface area contributed by atoms with Crippen LogP contribution in [0.1, 0.15) is 29.7 Å². The van der Waals surface area contributed by atoms with Gasteiger partial charge in [-0.05, 0) is 73.9 Å². The van der Waals surface area contributed by atoms with Crippen molar-refractivity contribution in [3.8, 4) is 22.9 Å². The van der Waals surface area contributed by atoms with Gasteiger partial charge in [-0.1, -0.05) is 41.6 Å². The van der Waals surface area contributed by atoms with Gasteiger partial charge in [0.15, 0.2) is 0 Å². The molecule has 0 aliphatic carbocycles. The fourth-order valence-corrected chi connectivity index (χ4v) is 4.27. The monoisotopic (exact) mass is 587 g/mol. The van der Waals surface area contributed by atoms with Crippen molar-refractivity contribution in [2.24, 2.45) is 0 Å². The maximum absolute atomic E-state index is 13.1. The van der Waals surface area contributed by atoms with Crippen LogP contribution in [0, 0.1) is 6.92 Å². The molecule has 0 bridgehead atoms. The van der Waals surface area contributed by atoms with Gasteiger partial charge in [0.05, 0.1) is 17.5 Å². The number of hydrogen-bond acceptors (Lipinski definition) is 7. The van der Waals surface area contributed by atoms with E-state index in [9.17, 15) is 18.0 Å². The third-order valence-corrected chi connectivity index (χ3v) is 6.50. The van der Waals surface area contributed by atoms with Crippen LogP contribution in [0.25, 0.3) is 11.4 Å². The highest BCUT2D eigenvalue weighted by Gasteiger charge is 2.30. The lowest BCUT2D eigenvalue weighted by molar-refractivity contribution is -0.137. The van der Waals surface area contributed by atoms with E-state index in [1.54, 1.807) is 25.3 Å². The molecule has 3 heterocycles. The van der Waals surface area contributed by atoms with Crippen molar-refractivity contribution in [2.45, 2.75) is 32.5 Å². The van der Waals surface area contributed by atoms with Crippen molar-refractivity contribution in [2.75, 3.05) is 11.9 Å². The van der Waals surface area contributed by atoms with Gasteiger partial charge in [0.25, 0.3) is 0 Å². The van der Waals surface area contributed by atoms with E-state index in [1.165, 1.54) is 4.68 Å². The predicted molar refractivity (Wildman–Crippen MR) is 155 cm³/mol. The number of benzene rings is 2. The van der Waals surface area contributed by atoms with Gasteiger partial charge < -0.3 is 15.4 Å². The van der Waals surface area contributed by atoms with Crippen LogP contribution in [0.3, 0.4) is 0 Å². The maximum Gasteiger partial charge on any atom is 0.416 e. The smallest absolute Gasteiger partial charge is 0.416 e. The van der Waals surface area contributed by atoms with Crippen LogP contribution < -0.4 is 15.4 Å². The molecule has 0 spiro atoms. The predicted octanol–water partition coefficient (Wildman–Crippen LogP) is 6.52. The second kappa shape index (κ2) is 12.7. The summed E-state index contributed by atoms with van der Waals surface area (Å²) in [5, 5.41) is 14.0. The fraction of sp³-hybridized carbons (Fsp3) is 0.194. The molecule has 2 N–H and O–H groups in total. The summed E-state index contributed by atoms with van der Waals surface area (Å²) in [7, 11) is 0. The average Bonchev–Trinajstić information content (AvgIpc) is 3.48. The summed E-state index contributed by atoms with van der Waals surface area (Å²) in [4.78, 5) is 21.4. The standard InChI is InChI=1S/C31H28F3N7O2/c1-20-16-25(37-29(17-20)38-28-18-23(13-15-35-28)31(32,33)34)26-19-41(40-39-26)21(2)30(42)36-14-12-22-8-6-7-11-27(22)43-24-9-4-3-5-10-24/h3-11,13,15-19,21H,12,14H2,1-2H3,(H,36,42)(H,35,37,38). The molecule has 5 rings (SSSR count). The zero-order valence-corrected chi connectivity index (χ0v) is 23.3. The highest BCUT2D eigenvalue weighted by Crippen LogP contribution is 2.31. The van der Waals surface area contributed by atoms with Crippen LogP contribution in [-0.4, -0.2) is 37.4 Å². The first-order chi connectivity index (χ1) is 20.7. The molecule has 0 radical (unpaired) electrons. The van der Waals surface area contributed by atoms with Crippen LogP contribution >= 0.6 is 0 Å². The van der Waals surface area contributed by atoms with Crippen molar-refractivity contribution in [1.82, 2.24) is 30.3 Å². The molecule has 1 amide bonds. The number of amides is 1. The molecule has 220 valence electrons. The highest BCUT2D eigenvalue weighted by atomic mass is 19.4. The van der Waals surface area contributed by atoms with Crippen LogP contribution in [0.5, 0.6) is 11.5 Å². The average molecular weight is 588 g/mol. The number of rotatable bonds is 10. The van der Waals surface area contributed by atoms with Gasteiger partial charge in [-0.15, -0.1) is 5.10 Å². The first kappa shape index (κ1) is 29.2. The van der Waals surface area contributed by atoms with Crippen molar-refractivity contribution >= 4 is 17.5 Å². The lowest BCUT2D eigenvalue weighted by Crippen LogP contribution is -2.32. The number of nitrogens with zero attached hydrogens (tertiary/aromatic N) is 5. The molecule has 0 fully saturated rings. The number of anilines is 2. The molecule has 12 heteroatoms. The van der Waals surface area contributed by atoms with Crippen LogP contribution in [0.15, 0.2) is 91.3 Å². The largest absolute Gasteiger partial charge is 0.457 e. The Morgan fingerprint density at radius 2 is 1.74 bits per heavy atom. The molecule has 0 saturated heterocycles. The molecule has 1 atom stereocenters. The van der Waals surface area contributed by atoms with Crippen molar-refractivity contribution in [3.05, 3.63) is 108 Å². The minimum absolute atomic E-state index is 0.00192. The summed E-state index contributed by atoms with van der Waals surface area (Å²) in [6, 6.07) is 21.7. The minimum atomic E-state index is -4.49. The second-order valence-electron chi connectivity index (χ2n) is 9.79. The van der Waals surface area contributed by atoms with Gasteiger partial charge in [-0.3, -0.25) is 4.79 Å². The van der Waals surface area contributed by atoms with E-state index < -0.39 is 17.8 Å². The molecule has 0 saturated carbocycles. The molecule has 43 heavy (non-hydrogen) atoms. The quantitative estimate of drug-likeness (QED) is 0.192. The number of aromatic nitrogens is 5. The van der Waals surface area contributed by atoms with E-state index in [4.69, 9.17) is 4.74 Å². The number of alkyl halides is 3. The van der Waals surface area contributed by atoms with Gasteiger partial charge in [-0.25, -0.2) is 14.6 Å². The number of pyridine rings is 2. The molecule has 9 nitrogen and oxygen atoms in total. The summed E-state index contributed by atoms with van der Waals surface area (Å²) in [5.41, 5.74) is 1.76. The van der Waals surface area contributed by atoms with Gasteiger partial charge >= 0.3 is 6.18 Å². The number of ether oxygens (including phenoxy) is 1. The molecule has 5 aromatic rings. The summed E-state index contributed by atoms with van der Waals surface area (Å²) in [5.74, 6) is 1.50. The number of para-hydroxylation sites is 2. The van der Waals surface area contributed by atoms with Crippen molar-refractivity contribution < 1.29 is 22.7 Å². The second-order valence-corrected chi connectivity index (χ2v) is 9.79. The van der Waals surface area contributed by atoms with Crippen LogP contribution in [0.4, 0.5) is 24.8 Å². The number of aryl methyl sites for hydroxylation is 1. The van der Waals surface area contributed by atoms with Crippen LogP contribution in [-0.2, 0) is 17.4 Å². The summed E-state index contributed by atoms with van der Waals surface area (Å²) in [6.45, 7) is 3.91. The third-order valence-electron chi connectivity index (χ3n) is 6.50. The SMILES string of the molecule is Cc1cc(Nc2cc(C(F)(F)F)ccn2)nc(-c2cn(C(C)C(=O)NCCc3ccccc3Oc3ccccc3)nn2)c1. The molecular formula is C31H28F3N7O2. The summed E-state index contributed by atoms with van der Waals surface area (Å²) in [6.07, 6.45) is -1.25. The zero-order chi connectivity index (χ0) is 30.4. The Bertz CT molecular complexity index is 1710. The van der Waals surface area contributed by atoms with E-state index in [1.807, 2.05) is 61.5 Å². The Morgan fingerprint density at radius 3 is 2.53 bits per heavy atom. The minimum Gasteiger partial charge on any atom is -0.457 e. The van der Waals surface area contributed by atoms with Gasteiger partial charge in [0, 0.05) is 12.7 Å². The van der Waals surface area contributed by atoms with E-state index in [-0.39, 0.29) is 11.7 Å². The number of nitrogens with one attached hydrogen (secondary N) is 2. The van der Waals surface area contributed by atoms with Crippen molar-refractivity contribution in [1.29, 1.82) is 0 Å². The Kier molecular flexibility index (Phi) is 8.65. The highest BCUT2D eigenvalue weighted by molar-refractivity contribution is 5.79. The number of carbonyl (C=O) groups is 1. The molecule has 0 aliphatic heterocycles.